The van der Waals surface area contributed by atoms with Gasteiger partial charge in [0.1, 0.15) is 22.7 Å². The molecule has 0 aromatic rings. The molecule has 2 radical (unpaired) electrons. The highest BCUT2D eigenvalue weighted by atomic mass is 28.2. The van der Waals surface area contributed by atoms with Crippen LogP contribution >= 0.6 is 0 Å². The summed E-state index contributed by atoms with van der Waals surface area (Å²) in [5.74, 6) is 0. The molecule has 14 heteroatoms. The molecule has 0 aliphatic carbocycles. The molecule has 25 heavy (non-hydrogen) atoms. The van der Waals surface area contributed by atoms with Gasteiger partial charge in [0.05, 0.1) is 6.54 Å². The van der Waals surface area contributed by atoms with Crippen LogP contribution in [0, 0.1) is 0 Å². The van der Waals surface area contributed by atoms with Crippen LogP contribution in [-0.4, -0.2) is 65.7 Å². The van der Waals surface area contributed by atoms with Gasteiger partial charge in [0.25, 0.3) is 6.43 Å². The Bertz CT molecular complexity index is 419. The zero-order chi connectivity index (χ0) is 19.7. The fraction of sp³-hybridized carbons (Fsp3) is 0.909. The van der Waals surface area contributed by atoms with Crippen LogP contribution in [0.2, 0.25) is 6.04 Å². The summed E-state index contributed by atoms with van der Waals surface area (Å²) < 4.78 is 121. The lowest BCUT2D eigenvalue weighted by Gasteiger charge is -2.36. The van der Waals surface area contributed by atoms with Crippen molar-refractivity contribution in [2.45, 2.75) is 42.8 Å². The fourth-order valence-electron chi connectivity index (χ4n) is 1.41. The van der Waals surface area contributed by atoms with Crippen molar-refractivity contribution >= 4 is 15.6 Å². The Kier molecular flexibility index (Phi) is 9.69. The molecule has 0 aliphatic rings. The van der Waals surface area contributed by atoms with E-state index in [1.54, 1.807) is 0 Å². The second-order valence-electron chi connectivity index (χ2n) is 4.46. The summed E-state index contributed by atoms with van der Waals surface area (Å²) in [5, 5.41) is 0. The van der Waals surface area contributed by atoms with Gasteiger partial charge >= 0.3 is 12.4 Å². The Balaban J connectivity index is 5.33. The van der Waals surface area contributed by atoms with E-state index in [1.807, 2.05) is 0 Å². The maximum atomic E-state index is 13.8. The number of carbonyl (C=O) groups excluding carboxylic acids is 1. The molecule has 0 saturated carbocycles. The van der Waals surface area contributed by atoms with E-state index in [2.05, 4.69) is 14.5 Å². The van der Waals surface area contributed by atoms with Crippen molar-refractivity contribution < 1.29 is 53.8 Å². The Morgan fingerprint density at radius 1 is 0.960 bits per heavy atom. The van der Waals surface area contributed by atoms with Gasteiger partial charge in [-0.15, -0.1) is 0 Å². The van der Waals surface area contributed by atoms with Crippen LogP contribution in [0.15, 0.2) is 4.99 Å². The first-order valence-corrected chi connectivity index (χ1v) is 7.66. The van der Waals surface area contributed by atoms with Crippen molar-refractivity contribution in [3.05, 3.63) is 0 Å². The third-order valence-corrected chi connectivity index (χ3v) is 4.03. The van der Waals surface area contributed by atoms with Gasteiger partial charge in [-0.2, -0.15) is 26.3 Å². The van der Waals surface area contributed by atoms with Gasteiger partial charge < -0.3 is 9.47 Å². The molecule has 0 saturated heterocycles. The molecule has 0 rings (SSSR count). The summed E-state index contributed by atoms with van der Waals surface area (Å²) in [7, 11) is -1.34. The number of hydrogen-bond donors (Lipinski definition) is 0. The zero-order valence-corrected chi connectivity index (χ0v) is 13.3. The van der Waals surface area contributed by atoms with Gasteiger partial charge in [-0.1, -0.05) is 6.04 Å². The molecule has 0 aliphatic heterocycles. The predicted molar refractivity (Wildman–Crippen MR) is 65.8 cm³/mol. The first-order chi connectivity index (χ1) is 11.3. The highest BCUT2D eigenvalue weighted by Crippen LogP contribution is 2.31. The normalized spacial score (nSPS) is 14.5. The Morgan fingerprint density at radius 3 is 1.80 bits per heavy atom. The average Bonchev–Trinajstić information content (AvgIpc) is 2.46. The van der Waals surface area contributed by atoms with Crippen molar-refractivity contribution in [3.63, 3.8) is 0 Å². The van der Waals surface area contributed by atoms with Gasteiger partial charge in [-0.05, 0) is 6.42 Å². The summed E-state index contributed by atoms with van der Waals surface area (Å²) >= 11 is 0. The van der Waals surface area contributed by atoms with Gasteiger partial charge in [0.15, 0.2) is 5.41 Å². The number of aliphatic imine (C=N–C) groups is 1. The highest BCUT2D eigenvalue weighted by Gasteiger charge is 2.50. The fourth-order valence-corrected chi connectivity index (χ4v) is 2.76. The van der Waals surface area contributed by atoms with Crippen molar-refractivity contribution in [1.82, 2.24) is 0 Å². The van der Waals surface area contributed by atoms with Crippen LogP contribution in [0.25, 0.3) is 0 Å². The number of rotatable bonds is 11. The molecule has 0 aromatic carbocycles. The molecule has 0 spiro atoms. The SMILES string of the molecule is O=C=NCCC[Si]C(OCC(F)(F)F)(OCC(F)(F)F)C(F)C(F)F. The molecule has 1 atom stereocenters. The molecule has 0 fully saturated rings. The Labute approximate surface area is 138 Å². The van der Waals surface area contributed by atoms with Crippen molar-refractivity contribution in [3.8, 4) is 0 Å². The number of hydrogen-bond acceptors (Lipinski definition) is 4. The average molecular weight is 405 g/mol. The zero-order valence-electron chi connectivity index (χ0n) is 12.3. The van der Waals surface area contributed by atoms with Crippen molar-refractivity contribution in [2.75, 3.05) is 19.8 Å². The van der Waals surface area contributed by atoms with Gasteiger partial charge in [0, 0.05) is 0 Å². The lowest BCUT2D eigenvalue weighted by atomic mass is 10.3. The monoisotopic (exact) mass is 405 g/mol. The molecule has 0 N–H and O–H groups in total. The lowest BCUT2D eigenvalue weighted by Crippen LogP contribution is -2.55. The summed E-state index contributed by atoms with van der Waals surface area (Å²) in [6.07, 6.45) is -16.7. The molecule has 1 unspecified atom stereocenters. The van der Waals surface area contributed by atoms with Gasteiger partial charge in [-0.3, -0.25) is 0 Å². The van der Waals surface area contributed by atoms with E-state index in [4.69, 9.17) is 0 Å². The number of isocyanates is 1. The maximum Gasteiger partial charge on any atom is 0.411 e. The number of ether oxygens (including phenoxy) is 2. The summed E-state index contributed by atoms with van der Waals surface area (Å²) in [5.41, 5.74) is -3.43. The standard InChI is InChI=1S/C11H12F9NO3Si/c12-7(8(13)14)11(23-4-9(15,16)17,24-5-10(18,19)20)25-3-1-2-21-6-22/h7-8H,1-5H2. The number of halogens is 9. The van der Waals surface area contributed by atoms with Crippen LogP contribution < -0.4 is 0 Å². The number of alkyl halides is 9. The van der Waals surface area contributed by atoms with Crippen LogP contribution in [0.5, 0.6) is 0 Å². The molecule has 0 amide bonds. The van der Waals surface area contributed by atoms with E-state index in [-0.39, 0.29) is 19.0 Å². The summed E-state index contributed by atoms with van der Waals surface area (Å²) in [4.78, 5) is 12.9. The second kappa shape index (κ2) is 10.1. The molecular formula is C11H12F9NO3Si. The molecule has 4 nitrogen and oxygen atoms in total. The number of nitrogens with zero attached hydrogens (tertiary/aromatic N) is 1. The Hall–Kier alpha value is -1.11. The van der Waals surface area contributed by atoms with Crippen LogP contribution in [-0.2, 0) is 14.3 Å². The quantitative estimate of drug-likeness (QED) is 0.132. The topological polar surface area (TPSA) is 47.9 Å². The largest absolute Gasteiger partial charge is 0.411 e. The molecule has 0 bridgehead atoms. The van der Waals surface area contributed by atoms with E-state index in [9.17, 15) is 44.3 Å². The van der Waals surface area contributed by atoms with Crippen molar-refractivity contribution in [1.29, 1.82) is 0 Å². The first-order valence-electron chi connectivity index (χ1n) is 6.45. The minimum Gasteiger partial charge on any atom is -0.342 e. The van der Waals surface area contributed by atoms with E-state index in [1.165, 1.54) is 0 Å². The van der Waals surface area contributed by atoms with E-state index < -0.39 is 53.1 Å². The lowest BCUT2D eigenvalue weighted by molar-refractivity contribution is -0.303. The molecular weight excluding hydrogens is 393 g/mol. The van der Waals surface area contributed by atoms with Gasteiger partial charge in [-0.25, -0.2) is 23.0 Å². The third-order valence-electron chi connectivity index (χ3n) is 2.37. The predicted octanol–water partition coefficient (Wildman–Crippen LogP) is 3.25. The van der Waals surface area contributed by atoms with E-state index >= 15 is 0 Å². The first kappa shape index (κ1) is 23.9. The summed E-state index contributed by atoms with van der Waals surface area (Å²) in [6.45, 7) is -4.79. The highest BCUT2D eigenvalue weighted by molar-refractivity contribution is 6.39. The maximum absolute atomic E-state index is 13.8. The molecule has 0 heterocycles. The minimum atomic E-state index is -5.11. The molecule has 0 aromatic heterocycles. The van der Waals surface area contributed by atoms with Crippen LogP contribution in [0.1, 0.15) is 6.42 Å². The summed E-state index contributed by atoms with van der Waals surface area (Å²) in [6, 6.07) is -0.367. The molecule has 146 valence electrons. The van der Waals surface area contributed by atoms with E-state index in [0.29, 0.717) is 0 Å². The van der Waals surface area contributed by atoms with E-state index in [0.717, 1.165) is 6.08 Å². The van der Waals surface area contributed by atoms with Gasteiger partial charge in [0.2, 0.25) is 12.3 Å². The second-order valence-corrected chi connectivity index (χ2v) is 6.02. The van der Waals surface area contributed by atoms with Crippen LogP contribution in [0.3, 0.4) is 0 Å². The van der Waals surface area contributed by atoms with Crippen LogP contribution in [0.4, 0.5) is 39.5 Å². The Morgan fingerprint density at radius 2 is 1.44 bits per heavy atom. The minimum absolute atomic E-state index is 0.115. The third kappa shape index (κ3) is 10.5. The smallest absolute Gasteiger partial charge is 0.342 e. The van der Waals surface area contributed by atoms with Crippen molar-refractivity contribution in [2.24, 2.45) is 4.99 Å².